The number of anilines is 1. The molecule has 2 aromatic rings. The normalized spacial score (nSPS) is 16.8. The van der Waals surface area contributed by atoms with Gasteiger partial charge in [0.25, 0.3) is 11.8 Å². The number of carbonyl (C=O) groups is 3. The Morgan fingerprint density at radius 1 is 1.11 bits per heavy atom. The number of benzene rings is 1. The lowest BCUT2D eigenvalue weighted by Crippen LogP contribution is -2.45. The standard InChI is InChI=1S/C20H22N4O3/c1-13-5-4-6-15(17(13)24-18(25)14-8-11-21-12-9-14)19(26)23-16-7-2-3-10-22-20(16)27/h4-6,8-9,11-12,16H,2-3,7,10H2,1H3,(H,22,27)(H,23,26)(H,24,25). The number of amides is 3. The first-order valence-corrected chi connectivity index (χ1v) is 8.96. The second kappa shape index (κ2) is 8.44. The lowest BCUT2D eigenvalue weighted by Gasteiger charge is -2.18. The van der Waals surface area contributed by atoms with E-state index in [9.17, 15) is 14.4 Å². The summed E-state index contributed by atoms with van der Waals surface area (Å²) in [5, 5.41) is 8.40. The van der Waals surface area contributed by atoms with Gasteiger partial charge in [-0.2, -0.15) is 0 Å². The molecule has 3 amide bonds. The highest BCUT2D eigenvalue weighted by atomic mass is 16.2. The number of aryl methyl sites for hydroxylation is 1. The number of carbonyl (C=O) groups excluding carboxylic acids is 3. The first kappa shape index (κ1) is 18.6. The molecule has 1 aliphatic heterocycles. The summed E-state index contributed by atoms with van der Waals surface area (Å²) in [5.74, 6) is -0.880. The fourth-order valence-electron chi connectivity index (χ4n) is 3.02. The molecule has 0 spiro atoms. The maximum absolute atomic E-state index is 12.8. The number of aromatic nitrogens is 1. The average Bonchev–Trinajstić information content (AvgIpc) is 2.88. The molecule has 1 aliphatic rings. The van der Waals surface area contributed by atoms with Crippen molar-refractivity contribution in [1.29, 1.82) is 0 Å². The summed E-state index contributed by atoms with van der Waals surface area (Å²) >= 11 is 0. The summed E-state index contributed by atoms with van der Waals surface area (Å²) in [6.07, 6.45) is 5.43. The molecule has 0 aliphatic carbocycles. The van der Waals surface area contributed by atoms with E-state index in [1.54, 1.807) is 24.3 Å². The number of hydrogen-bond donors (Lipinski definition) is 3. The molecule has 7 nitrogen and oxygen atoms in total. The maximum atomic E-state index is 12.8. The van der Waals surface area contributed by atoms with Gasteiger partial charge >= 0.3 is 0 Å². The zero-order valence-electron chi connectivity index (χ0n) is 15.1. The van der Waals surface area contributed by atoms with Crippen LogP contribution in [0.25, 0.3) is 0 Å². The summed E-state index contributed by atoms with van der Waals surface area (Å²) in [6.45, 7) is 2.44. The third kappa shape index (κ3) is 4.49. The molecular formula is C20H22N4O3. The van der Waals surface area contributed by atoms with Gasteiger partial charge in [0, 0.05) is 24.5 Å². The van der Waals surface area contributed by atoms with Gasteiger partial charge in [-0.25, -0.2) is 0 Å². The summed E-state index contributed by atoms with van der Waals surface area (Å²) in [5.41, 5.74) is 1.97. The van der Waals surface area contributed by atoms with Crippen LogP contribution in [0, 0.1) is 6.92 Å². The molecule has 140 valence electrons. The monoisotopic (exact) mass is 366 g/mol. The van der Waals surface area contributed by atoms with E-state index in [4.69, 9.17) is 0 Å². The summed E-state index contributed by atoms with van der Waals surface area (Å²) in [7, 11) is 0. The Kier molecular flexibility index (Phi) is 5.80. The number of nitrogens with one attached hydrogen (secondary N) is 3. The van der Waals surface area contributed by atoms with Crippen LogP contribution in [-0.2, 0) is 4.79 Å². The minimum Gasteiger partial charge on any atom is -0.354 e. The van der Waals surface area contributed by atoms with E-state index < -0.39 is 6.04 Å². The van der Waals surface area contributed by atoms with Crippen molar-refractivity contribution in [3.63, 3.8) is 0 Å². The zero-order chi connectivity index (χ0) is 19.2. The Labute approximate surface area is 157 Å². The first-order chi connectivity index (χ1) is 13.1. The van der Waals surface area contributed by atoms with Crippen LogP contribution >= 0.6 is 0 Å². The van der Waals surface area contributed by atoms with Crippen LogP contribution in [-0.4, -0.2) is 35.3 Å². The molecule has 3 rings (SSSR count). The Bertz CT molecular complexity index is 852. The highest BCUT2D eigenvalue weighted by Gasteiger charge is 2.24. The average molecular weight is 366 g/mol. The van der Waals surface area contributed by atoms with E-state index in [1.807, 2.05) is 13.0 Å². The van der Waals surface area contributed by atoms with Crippen LogP contribution in [0.3, 0.4) is 0 Å². The Morgan fingerprint density at radius 2 is 1.89 bits per heavy atom. The molecule has 3 N–H and O–H groups in total. The van der Waals surface area contributed by atoms with E-state index in [0.29, 0.717) is 29.8 Å². The number of nitrogens with zero attached hydrogens (tertiary/aromatic N) is 1. The van der Waals surface area contributed by atoms with E-state index in [0.717, 1.165) is 18.4 Å². The molecular weight excluding hydrogens is 344 g/mol. The molecule has 0 radical (unpaired) electrons. The van der Waals surface area contributed by atoms with Crippen molar-refractivity contribution in [2.75, 3.05) is 11.9 Å². The molecule has 1 aromatic carbocycles. The van der Waals surface area contributed by atoms with E-state index >= 15 is 0 Å². The predicted molar refractivity (Wildman–Crippen MR) is 101 cm³/mol. The van der Waals surface area contributed by atoms with Gasteiger partial charge < -0.3 is 16.0 Å². The third-order valence-electron chi connectivity index (χ3n) is 4.54. The van der Waals surface area contributed by atoms with Crippen molar-refractivity contribution < 1.29 is 14.4 Å². The Balaban J connectivity index is 1.81. The fourth-order valence-corrected chi connectivity index (χ4v) is 3.02. The quantitative estimate of drug-likeness (QED) is 0.771. The van der Waals surface area contributed by atoms with Crippen molar-refractivity contribution in [2.45, 2.75) is 32.2 Å². The summed E-state index contributed by atoms with van der Waals surface area (Å²) < 4.78 is 0. The molecule has 1 atom stereocenters. The predicted octanol–water partition coefficient (Wildman–Crippen LogP) is 2.04. The number of rotatable bonds is 4. The fraction of sp³-hybridized carbons (Fsp3) is 0.300. The molecule has 1 unspecified atom stereocenters. The molecule has 0 saturated carbocycles. The molecule has 1 fully saturated rings. The molecule has 1 aromatic heterocycles. The second-order valence-electron chi connectivity index (χ2n) is 6.50. The highest BCUT2D eigenvalue weighted by molar-refractivity contribution is 6.10. The minimum atomic E-state index is -0.565. The number of pyridine rings is 1. The van der Waals surface area contributed by atoms with Crippen molar-refractivity contribution >= 4 is 23.4 Å². The maximum Gasteiger partial charge on any atom is 0.255 e. The number of para-hydroxylation sites is 1. The van der Waals surface area contributed by atoms with E-state index in [-0.39, 0.29) is 17.7 Å². The van der Waals surface area contributed by atoms with Gasteiger partial charge in [0.1, 0.15) is 6.04 Å². The zero-order valence-corrected chi connectivity index (χ0v) is 15.1. The van der Waals surface area contributed by atoms with Crippen LogP contribution in [0.15, 0.2) is 42.7 Å². The van der Waals surface area contributed by atoms with E-state index in [1.165, 1.54) is 12.4 Å². The van der Waals surface area contributed by atoms with Gasteiger partial charge in [0.05, 0.1) is 11.3 Å². The summed E-state index contributed by atoms with van der Waals surface area (Å²) in [6, 6.07) is 7.84. The Morgan fingerprint density at radius 3 is 2.67 bits per heavy atom. The SMILES string of the molecule is Cc1cccc(C(=O)NC2CCCCNC2=O)c1NC(=O)c1ccncc1. The van der Waals surface area contributed by atoms with Crippen LogP contribution in [0.2, 0.25) is 0 Å². The van der Waals surface area contributed by atoms with Crippen LogP contribution in [0.5, 0.6) is 0 Å². The molecule has 7 heteroatoms. The lowest BCUT2D eigenvalue weighted by atomic mass is 10.1. The molecule has 0 bridgehead atoms. The smallest absolute Gasteiger partial charge is 0.255 e. The van der Waals surface area contributed by atoms with Gasteiger partial charge in [-0.05, 0) is 49.9 Å². The van der Waals surface area contributed by atoms with Crippen molar-refractivity contribution in [1.82, 2.24) is 15.6 Å². The van der Waals surface area contributed by atoms with Crippen molar-refractivity contribution in [3.05, 3.63) is 59.4 Å². The lowest BCUT2D eigenvalue weighted by molar-refractivity contribution is -0.122. The van der Waals surface area contributed by atoms with E-state index in [2.05, 4.69) is 20.9 Å². The van der Waals surface area contributed by atoms with Crippen LogP contribution in [0.1, 0.15) is 45.5 Å². The molecule has 27 heavy (non-hydrogen) atoms. The van der Waals surface area contributed by atoms with Crippen LogP contribution in [0.4, 0.5) is 5.69 Å². The first-order valence-electron chi connectivity index (χ1n) is 8.96. The largest absolute Gasteiger partial charge is 0.354 e. The third-order valence-corrected chi connectivity index (χ3v) is 4.54. The van der Waals surface area contributed by atoms with Gasteiger partial charge in [-0.3, -0.25) is 19.4 Å². The van der Waals surface area contributed by atoms with Crippen LogP contribution < -0.4 is 16.0 Å². The van der Waals surface area contributed by atoms with Gasteiger partial charge in [0.15, 0.2) is 0 Å². The van der Waals surface area contributed by atoms with Gasteiger partial charge in [-0.15, -0.1) is 0 Å². The second-order valence-corrected chi connectivity index (χ2v) is 6.50. The highest BCUT2D eigenvalue weighted by Crippen LogP contribution is 2.22. The molecule has 1 saturated heterocycles. The minimum absolute atomic E-state index is 0.170. The van der Waals surface area contributed by atoms with Crippen molar-refractivity contribution in [3.8, 4) is 0 Å². The molecule has 2 heterocycles. The van der Waals surface area contributed by atoms with Gasteiger partial charge in [-0.1, -0.05) is 12.1 Å². The Hall–Kier alpha value is -3.22. The van der Waals surface area contributed by atoms with Crippen molar-refractivity contribution in [2.24, 2.45) is 0 Å². The van der Waals surface area contributed by atoms with Gasteiger partial charge in [0.2, 0.25) is 5.91 Å². The number of hydrogen-bond acceptors (Lipinski definition) is 4. The summed E-state index contributed by atoms with van der Waals surface area (Å²) in [4.78, 5) is 41.3. The topological polar surface area (TPSA) is 100 Å².